The molecule has 4 rings (SSSR count). The van der Waals surface area contributed by atoms with E-state index in [0.29, 0.717) is 10.8 Å². The highest BCUT2D eigenvalue weighted by molar-refractivity contribution is 5.29. The lowest BCUT2D eigenvalue weighted by Crippen LogP contribution is -2.38. The fourth-order valence-corrected chi connectivity index (χ4v) is 6.47. The molecule has 0 aromatic carbocycles. The molecule has 0 radical (unpaired) electrons. The van der Waals surface area contributed by atoms with Gasteiger partial charge in [-0.2, -0.15) is 0 Å². The Morgan fingerprint density at radius 3 is 2.65 bits per heavy atom. The fourth-order valence-electron chi connectivity index (χ4n) is 6.47. The molecule has 7 atom stereocenters. The third-order valence-electron chi connectivity index (χ3n) is 6.81. The molecule has 0 aromatic heterocycles. The lowest BCUT2D eigenvalue weighted by molar-refractivity contribution is 0.0828. The van der Waals surface area contributed by atoms with E-state index in [-0.39, 0.29) is 0 Å². The molecular weight excluding hydrogens is 204 g/mol. The van der Waals surface area contributed by atoms with E-state index in [2.05, 4.69) is 39.5 Å². The lowest BCUT2D eigenvalue weighted by atomic mass is 9.60. The summed E-state index contributed by atoms with van der Waals surface area (Å²) in [6, 6.07) is 0. The average molecular weight is 228 g/mol. The van der Waals surface area contributed by atoms with Gasteiger partial charge in [0.25, 0.3) is 0 Å². The van der Waals surface area contributed by atoms with Crippen LogP contribution >= 0.6 is 0 Å². The van der Waals surface area contributed by atoms with E-state index in [4.69, 9.17) is 0 Å². The Hall–Kier alpha value is -0.520. The van der Waals surface area contributed by atoms with Crippen LogP contribution in [0.4, 0.5) is 0 Å². The summed E-state index contributed by atoms with van der Waals surface area (Å²) in [5.74, 6) is 4.65. The van der Waals surface area contributed by atoms with Crippen molar-refractivity contribution in [2.45, 2.75) is 40.0 Å². The maximum Gasteiger partial charge on any atom is -0.0107 e. The first-order valence-corrected chi connectivity index (χ1v) is 7.29. The Morgan fingerprint density at radius 1 is 1.18 bits per heavy atom. The Balaban J connectivity index is 1.80. The number of rotatable bonds is 1. The molecule has 0 spiro atoms. The van der Waals surface area contributed by atoms with Gasteiger partial charge in [-0.05, 0) is 66.6 Å². The van der Waals surface area contributed by atoms with Crippen molar-refractivity contribution in [2.24, 2.45) is 40.4 Å². The second-order valence-corrected chi connectivity index (χ2v) is 7.96. The van der Waals surface area contributed by atoms with Crippen molar-refractivity contribution in [3.63, 3.8) is 0 Å². The summed E-state index contributed by atoms with van der Waals surface area (Å²) < 4.78 is 0. The zero-order chi connectivity index (χ0) is 12.0. The van der Waals surface area contributed by atoms with E-state index in [1.807, 2.05) is 0 Å². The molecule has 0 aromatic rings. The minimum Gasteiger partial charge on any atom is -0.0998 e. The molecule has 17 heavy (non-hydrogen) atoms. The van der Waals surface area contributed by atoms with Gasteiger partial charge in [0.15, 0.2) is 0 Å². The van der Waals surface area contributed by atoms with Crippen molar-refractivity contribution in [3.8, 4) is 0 Å². The normalized spacial score (nSPS) is 62.2. The average Bonchev–Trinajstić information content (AvgIpc) is 2.90. The van der Waals surface area contributed by atoms with Crippen LogP contribution in [0.1, 0.15) is 40.0 Å². The summed E-state index contributed by atoms with van der Waals surface area (Å²) in [6.07, 6.45) is 9.45. The smallest absolute Gasteiger partial charge is 0.0107 e. The third kappa shape index (κ3) is 1.02. The summed E-state index contributed by atoms with van der Waals surface area (Å²) in [6.45, 7) is 11.6. The Labute approximate surface area is 105 Å². The largest absolute Gasteiger partial charge is 0.0998 e. The zero-order valence-electron chi connectivity index (χ0n) is 11.4. The molecule has 0 nitrogen and oxygen atoms in total. The second-order valence-electron chi connectivity index (χ2n) is 7.96. The molecule has 4 aliphatic rings. The van der Waals surface area contributed by atoms with Crippen molar-refractivity contribution in [3.05, 3.63) is 24.3 Å². The van der Waals surface area contributed by atoms with Gasteiger partial charge in [0.05, 0.1) is 0 Å². The third-order valence-corrected chi connectivity index (χ3v) is 6.81. The van der Waals surface area contributed by atoms with Gasteiger partial charge in [0.2, 0.25) is 0 Å². The monoisotopic (exact) mass is 228 g/mol. The molecule has 0 saturated heterocycles. The van der Waals surface area contributed by atoms with Gasteiger partial charge in [0.1, 0.15) is 0 Å². The highest BCUT2D eigenvalue weighted by Gasteiger charge is 2.69. The zero-order valence-corrected chi connectivity index (χ0v) is 11.4. The van der Waals surface area contributed by atoms with E-state index < -0.39 is 0 Å². The molecular formula is C17H24. The Morgan fingerprint density at radius 2 is 1.94 bits per heavy atom. The van der Waals surface area contributed by atoms with Gasteiger partial charge >= 0.3 is 0 Å². The first kappa shape index (κ1) is 10.4. The van der Waals surface area contributed by atoms with E-state index in [9.17, 15) is 0 Å². The molecule has 0 heterocycles. The van der Waals surface area contributed by atoms with Gasteiger partial charge in [-0.1, -0.05) is 38.2 Å². The maximum atomic E-state index is 4.27. The summed E-state index contributed by atoms with van der Waals surface area (Å²) in [5, 5.41) is 0. The van der Waals surface area contributed by atoms with Crippen molar-refractivity contribution >= 4 is 0 Å². The van der Waals surface area contributed by atoms with Crippen LogP contribution < -0.4 is 0 Å². The minimum atomic E-state index is 0.534. The minimum absolute atomic E-state index is 0.534. The van der Waals surface area contributed by atoms with Crippen LogP contribution in [0.5, 0.6) is 0 Å². The summed E-state index contributed by atoms with van der Waals surface area (Å²) in [5.41, 5.74) is 2.62. The first-order chi connectivity index (χ1) is 7.95. The molecule has 92 valence electrons. The number of hydrogen-bond acceptors (Lipinski definition) is 0. The standard InChI is InChI=1S/C17H24/c1-10(2)12-8-17(4)9-13(12)15-14(17)11-5-6-16(15,3)7-11/h5-6,11-15H,1,7-9H2,2-4H3. The molecule has 0 aliphatic heterocycles. The topological polar surface area (TPSA) is 0 Å². The Kier molecular flexibility index (Phi) is 1.67. The van der Waals surface area contributed by atoms with Crippen molar-refractivity contribution in [1.82, 2.24) is 0 Å². The van der Waals surface area contributed by atoms with E-state index >= 15 is 0 Å². The van der Waals surface area contributed by atoms with Gasteiger partial charge in [0, 0.05) is 0 Å². The van der Waals surface area contributed by atoms with Crippen LogP contribution in [0.2, 0.25) is 0 Å². The summed E-state index contributed by atoms with van der Waals surface area (Å²) in [4.78, 5) is 0. The number of allylic oxidation sites excluding steroid dienone is 3. The van der Waals surface area contributed by atoms with Crippen LogP contribution in [-0.4, -0.2) is 0 Å². The molecule has 4 bridgehead atoms. The molecule has 7 unspecified atom stereocenters. The number of hydrogen-bond donors (Lipinski definition) is 0. The van der Waals surface area contributed by atoms with Crippen LogP contribution in [0.15, 0.2) is 24.3 Å². The van der Waals surface area contributed by atoms with E-state index in [0.717, 1.165) is 29.6 Å². The SMILES string of the molecule is C=C(C)C1CC2(C)CC1C1C2C2C=CC1(C)C2. The van der Waals surface area contributed by atoms with Crippen molar-refractivity contribution in [2.75, 3.05) is 0 Å². The van der Waals surface area contributed by atoms with Gasteiger partial charge < -0.3 is 0 Å². The predicted octanol–water partition coefficient (Wildman–Crippen LogP) is 4.44. The lowest BCUT2D eigenvalue weighted by Gasteiger charge is -2.44. The van der Waals surface area contributed by atoms with Crippen LogP contribution in [0.3, 0.4) is 0 Å². The van der Waals surface area contributed by atoms with Gasteiger partial charge in [-0.3, -0.25) is 0 Å². The molecule has 4 aliphatic carbocycles. The van der Waals surface area contributed by atoms with E-state index in [1.165, 1.54) is 24.8 Å². The van der Waals surface area contributed by atoms with Crippen molar-refractivity contribution < 1.29 is 0 Å². The summed E-state index contributed by atoms with van der Waals surface area (Å²) >= 11 is 0. The fraction of sp³-hybridized carbons (Fsp3) is 0.765. The highest BCUT2D eigenvalue weighted by Crippen LogP contribution is 2.76. The van der Waals surface area contributed by atoms with Crippen LogP contribution in [0, 0.1) is 40.4 Å². The molecule has 3 fully saturated rings. The van der Waals surface area contributed by atoms with Crippen LogP contribution in [0.25, 0.3) is 0 Å². The van der Waals surface area contributed by atoms with E-state index in [1.54, 1.807) is 0 Å². The van der Waals surface area contributed by atoms with Crippen molar-refractivity contribution in [1.29, 1.82) is 0 Å². The molecule has 0 amide bonds. The first-order valence-electron chi connectivity index (χ1n) is 7.29. The van der Waals surface area contributed by atoms with Crippen LogP contribution in [-0.2, 0) is 0 Å². The highest BCUT2D eigenvalue weighted by atomic mass is 14.7. The molecule has 0 heteroatoms. The number of fused-ring (bicyclic) bond motifs is 9. The predicted molar refractivity (Wildman–Crippen MR) is 71.5 cm³/mol. The van der Waals surface area contributed by atoms with Gasteiger partial charge in [-0.15, -0.1) is 0 Å². The molecule has 0 N–H and O–H groups in total. The second kappa shape index (κ2) is 2.73. The summed E-state index contributed by atoms with van der Waals surface area (Å²) in [7, 11) is 0. The molecule has 3 saturated carbocycles. The van der Waals surface area contributed by atoms with Gasteiger partial charge in [-0.25, -0.2) is 0 Å². The quantitative estimate of drug-likeness (QED) is 0.460. The maximum absolute atomic E-state index is 4.27. The Bertz CT molecular complexity index is 431.